The molecular weight excluding hydrogens is 150 g/mol. The van der Waals surface area contributed by atoms with Gasteiger partial charge >= 0.3 is 0 Å². The Hall–Kier alpha value is -0.0800. The lowest BCUT2D eigenvalue weighted by Gasteiger charge is -2.12. The molecule has 1 aliphatic carbocycles. The Kier molecular flexibility index (Phi) is 4.62. The SMILES string of the molecule is COC1CCCC(CCN)CC1. The van der Waals surface area contributed by atoms with Crippen molar-refractivity contribution in [2.24, 2.45) is 11.7 Å². The van der Waals surface area contributed by atoms with E-state index >= 15 is 0 Å². The molecule has 0 amide bonds. The molecule has 0 aliphatic heterocycles. The van der Waals surface area contributed by atoms with Crippen LogP contribution in [0.25, 0.3) is 0 Å². The summed E-state index contributed by atoms with van der Waals surface area (Å²) < 4.78 is 5.37. The van der Waals surface area contributed by atoms with Crippen LogP contribution in [0.5, 0.6) is 0 Å². The average molecular weight is 171 g/mol. The number of hydrogen-bond donors (Lipinski definition) is 1. The molecule has 2 atom stereocenters. The van der Waals surface area contributed by atoms with Gasteiger partial charge in [0.05, 0.1) is 6.10 Å². The Morgan fingerprint density at radius 3 is 2.75 bits per heavy atom. The molecule has 0 spiro atoms. The van der Waals surface area contributed by atoms with E-state index in [9.17, 15) is 0 Å². The van der Waals surface area contributed by atoms with E-state index in [0.717, 1.165) is 12.5 Å². The second-order valence-electron chi connectivity index (χ2n) is 3.81. The first-order valence-electron chi connectivity index (χ1n) is 5.09. The molecule has 1 rings (SSSR count). The van der Waals surface area contributed by atoms with E-state index in [1.165, 1.54) is 38.5 Å². The van der Waals surface area contributed by atoms with Crippen molar-refractivity contribution in [1.29, 1.82) is 0 Å². The van der Waals surface area contributed by atoms with Gasteiger partial charge in [-0.2, -0.15) is 0 Å². The molecule has 1 saturated carbocycles. The highest BCUT2D eigenvalue weighted by Gasteiger charge is 2.17. The third kappa shape index (κ3) is 3.11. The van der Waals surface area contributed by atoms with Crippen LogP contribution in [0.1, 0.15) is 38.5 Å². The fourth-order valence-electron chi connectivity index (χ4n) is 2.10. The lowest BCUT2D eigenvalue weighted by Crippen LogP contribution is -2.10. The highest BCUT2D eigenvalue weighted by molar-refractivity contribution is 4.70. The fraction of sp³-hybridized carbons (Fsp3) is 1.00. The van der Waals surface area contributed by atoms with Crippen LogP contribution >= 0.6 is 0 Å². The largest absolute Gasteiger partial charge is 0.381 e. The van der Waals surface area contributed by atoms with Gasteiger partial charge in [0.15, 0.2) is 0 Å². The summed E-state index contributed by atoms with van der Waals surface area (Å²) in [6.45, 7) is 0.850. The molecular formula is C10H21NO. The first-order chi connectivity index (χ1) is 5.86. The van der Waals surface area contributed by atoms with Gasteiger partial charge in [0.2, 0.25) is 0 Å². The zero-order valence-electron chi connectivity index (χ0n) is 8.09. The van der Waals surface area contributed by atoms with Crippen LogP contribution in [0.4, 0.5) is 0 Å². The van der Waals surface area contributed by atoms with Gasteiger partial charge < -0.3 is 10.5 Å². The average Bonchev–Trinajstić information content (AvgIpc) is 2.31. The molecule has 2 N–H and O–H groups in total. The van der Waals surface area contributed by atoms with Gasteiger partial charge in [0.1, 0.15) is 0 Å². The van der Waals surface area contributed by atoms with Gasteiger partial charge in [-0.25, -0.2) is 0 Å². The maximum atomic E-state index is 5.55. The quantitative estimate of drug-likeness (QED) is 0.658. The van der Waals surface area contributed by atoms with E-state index in [-0.39, 0.29) is 0 Å². The molecule has 2 nitrogen and oxygen atoms in total. The van der Waals surface area contributed by atoms with Gasteiger partial charge in [-0.15, -0.1) is 0 Å². The number of ether oxygens (including phenoxy) is 1. The summed E-state index contributed by atoms with van der Waals surface area (Å²) in [5.41, 5.74) is 5.55. The van der Waals surface area contributed by atoms with E-state index < -0.39 is 0 Å². The minimum Gasteiger partial charge on any atom is -0.381 e. The van der Waals surface area contributed by atoms with E-state index in [1.807, 2.05) is 7.11 Å². The maximum absolute atomic E-state index is 5.55. The summed E-state index contributed by atoms with van der Waals surface area (Å²) in [5, 5.41) is 0. The minimum atomic E-state index is 0.521. The van der Waals surface area contributed by atoms with Crippen LogP contribution in [-0.4, -0.2) is 19.8 Å². The van der Waals surface area contributed by atoms with Gasteiger partial charge in [-0.05, 0) is 38.1 Å². The highest BCUT2D eigenvalue weighted by Crippen LogP contribution is 2.26. The molecule has 72 valence electrons. The zero-order valence-corrected chi connectivity index (χ0v) is 8.09. The van der Waals surface area contributed by atoms with Crippen molar-refractivity contribution < 1.29 is 4.74 Å². The Labute approximate surface area is 75.5 Å². The normalized spacial score (nSPS) is 31.5. The van der Waals surface area contributed by atoms with Crippen LogP contribution in [-0.2, 0) is 4.74 Å². The summed E-state index contributed by atoms with van der Waals surface area (Å²) in [7, 11) is 1.83. The van der Waals surface area contributed by atoms with E-state index in [4.69, 9.17) is 10.5 Å². The highest BCUT2D eigenvalue weighted by atomic mass is 16.5. The molecule has 1 aliphatic rings. The van der Waals surface area contributed by atoms with Gasteiger partial charge in [-0.1, -0.05) is 12.8 Å². The molecule has 0 aromatic heterocycles. The Morgan fingerprint density at radius 2 is 2.08 bits per heavy atom. The van der Waals surface area contributed by atoms with Crippen molar-refractivity contribution in [3.63, 3.8) is 0 Å². The fourth-order valence-corrected chi connectivity index (χ4v) is 2.10. The number of nitrogens with two attached hydrogens (primary N) is 1. The molecule has 1 fully saturated rings. The lowest BCUT2D eigenvalue weighted by molar-refractivity contribution is 0.0889. The third-order valence-corrected chi connectivity index (χ3v) is 2.94. The second kappa shape index (κ2) is 5.55. The lowest BCUT2D eigenvalue weighted by atomic mass is 9.97. The molecule has 0 aromatic rings. The van der Waals surface area contributed by atoms with Gasteiger partial charge in [-0.3, -0.25) is 0 Å². The predicted molar refractivity (Wildman–Crippen MR) is 51.0 cm³/mol. The molecule has 12 heavy (non-hydrogen) atoms. The second-order valence-corrected chi connectivity index (χ2v) is 3.81. The van der Waals surface area contributed by atoms with Crippen molar-refractivity contribution in [2.45, 2.75) is 44.6 Å². The first-order valence-corrected chi connectivity index (χ1v) is 5.09. The van der Waals surface area contributed by atoms with Crippen LogP contribution in [0.2, 0.25) is 0 Å². The van der Waals surface area contributed by atoms with Crippen LogP contribution in [0, 0.1) is 5.92 Å². The van der Waals surface area contributed by atoms with Crippen molar-refractivity contribution in [3.8, 4) is 0 Å². The topological polar surface area (TPSA) is 35.2 Å². The molecule has 0 radical (unpaired) electrons. The molecule has 0 saturated heterocycles. The maximum Gasteiger partial charge on any atom is 0.0571 e. The predicted octanol–water partition coefficient (Wildman–Crippen LogP) is 1.93. The Balaban J connectivity index is 2.24. The third-order valence-electron chi connectivity index (χ3n) is 2.94. The summed E-state index contributed by atoms with van der Waals surface area (Å²) >= 11 is 0. The van der Waals surface area contributed by atoms with Crippen molar-refractivity contribution >= 4 is 0 Å². The molecule has 0 bridgehead atoms. The van der Waals surface area contributed by atoms with Crippen molar-refractivity contribution in [1.82, 2.24) is 0 Å². The van der Waals surface area contributed by atoms with Crippen LogP contribution in [0.15, 0.2) is 0 Å². The minimum absolute atomic E-state index is 0.521. The van der Waals surface area contributed by atoms with Crippen LogP contribution in [0.3, 0.4) is 0 Å². The Bertz CT molecular complexity index is 116. The number of hydrogen-bond acceptors (Lipinski definition) is 2. The van der Waals surface area contributed by atoms with E-state index in [2.05, 4.69) is 0 Å². The number of methoxy groups -OCH3 is 1. The van der Waals surface area contributed by atoms with Crippen LogP contribution < -0.4 is 5.73 Å². The summed E-state index contributed by atoms with van der Waals surface area (Å²) in [5.74, 6) is 0.871. The van der Waals surface area contributed by atoms with Gasteiger partial charge in [0, 0.05) is 7.11 Å². The number of rotatable bonds is 3. The summed E-state index contributed by atoms with van der Waals surface area (Å²) in [4.78, 5) is 0. The van der Waals surface area contributed by atoms with Crippen molar-refractivity contribution in [2.75, 3.05) is 13.7 Å². The summed E-state index contributed by atoms with van der Waals surface area (Å²) in [6, 6.07) is 0. The van der Waals surface area contributed by atoms with Gasteiger partial charge in [0.25, 0.3) is 0 Å². The van der Waals surface area contributed by atoms with E-state index in [0.29, 0.717) is 6.10 Å². The summed E-state index contributed by atoms with van der Waals surface area (Å²) in [6.07, 6.45) is 8.21. The first kappa shape index (κ1) is 10.0. The molecule has 0 aromatic carbocycles. The molecule has 0 heterocycles. The zero-order chi connectivity index (χ0) is 8.81. The van der Waals surface area contributed by atoms with E-state index in [1.54, 1.807) is 0 Å². The van der Waals surface area contributed by atoms with Crippen molar-refractivity contribution in [3.05, 3.63) is 0 Å². The molecule has 2 heteroatoms. The monoisotopic (exact) mass is 171 g/mol. The standard InChI is InChI=1S/C10H21NO/c1-12-10-4-2-3-9(5-6-10)7-8-11/h9-10H,2-8,11H2,1H3. The Morgan fingerprint density at radius 1 is 1.25 bits per heavy atom. The molecule has 2 unspecified atom stereocenters. The smallest absolute Gasteiger partial charge is 0.0571 e.